The second-order valence-electron chi connectivity index (χ2n) is 6.21. The van der Waals surface area contributed by atoms with Crippen molar-refractivity contribution in [1.82, 2.24) is 0 Å². The van der Waals surface area contributed by atoms with Crippen LogP contribution in [0.4, 0.5) is 0 Å². The Labute approximate surface area is 137 Å². The number of rotatable bonds is 6. The van der Waals surface area contributed by atoms with Crippen LogP contribution in [-0.2, 0) is 5.41 Å². The van der Waals surface area contributed by atoms with Crippen LogP contribution in [0, 0.1) is 0 Å². The molecule has 0 heterocycles. The fourth-order valence-electron chi connectivity index (χ4n) is 2.91. The molecule has 23 heavy (non-hydrogen) atoms. The fourth-order valence-corrected chi connectivity index (χ4v) is 2.91. The Morgan fingerprint density at radius 1 is 0.870 bits per heavy atom. The molecule has 118 valence electrons. The number of fused-ring (bicyclic) bond motifs is 1. The summed E-state index contributed by atoms with van der Waals surface area (Å²) in [5, 5.41) is 2.36. The molecule has 1 unspecified atom stereocenters. The highest BCUT2D eigenvalue weighted by atomic mass is 16.5. The third-order valence-electron chi connectivity index (χ3n) is 4.58. The van der Waals surface area contributed by atoms with Gasteiger partial charge in [0.25, 0.3) is 0 Å². The average Bonchev–Trinajstić information content (AvgIpc) is 2.62. The Kier molecular flexibility index (Phi) is 4.63. The van der Waals surface area contributed by atoms with E-state index in [2.05, 4.69) is 49.4 Å². The van der Waals surface area contributed by atoms with Crippen LogP contribution >= 0.6 is 0 Å². The summed E-state index contributed by atoms with van der Waals surface area (Å²) in [7, 11) is 0. The molecule has 3 rings (SSSR count). The van der Waals surface area contributed by atoms with Gasteiger partial charge in [0.1, 0.15) is 5.75 Å². The molecule has 3 aromatic rings. The largest absolute Gasteiger partial charge is 0.493 e. The summed E-state index contributed by atoms with van der Waals surface area (Å²) in [6, 6.07) is 24.9. The lowest BCUT2D eigenvalue weighted by Crippen LogP contribution is -2.33. The topological polar surface area (TPSA) is 35.2 Å². The molecule has 0 radical (unpaired) electrons. The highest BCUT2D eigenvalue weighted by Gasteiger charge is 2.24. The van der Waals surface area contributed by atoms with Crippen molar-refractivity contribution in [2.75, 3.05) is 13.2 Å². The Bertz CT molecular complexity index is 764. The Hall–Kier alpha value is -2.32. The van der Waals surface area contributed by atoms with Crippen LogP contribution in [0.1, 0.15) is 18.9 Å². The second-order valence-corrected chi connectivity index (χ2v) is 6.21. The predicted molar refractivity (Wildman–Crippen MR) is 96.9 cm³/mol. The normalized spacial score (nSPS) is 13.7. The van der Waals surface area contributed by atoms with Gasteiger partial charge in [-0.15, -0.1) is 0 Å². The van der Waals surface area contributed by atoms with Crippen LogP contribution in [0.5, 0.6) is 5.75 Å². The highest BCUT2D eigenvalue weighted by molar-refractivity contribution is 5.88. The zero-order valence-corrected chi connectivity index (χ0v) is 13.5. The Balaban J connectivity index is 1.73. The Morgan fingerprint density at radius 2 is 1.57 bits per heavy atom. The van der Waals surface area contributed by atoms with Gasteiger partial charge in [-0.05, 0) is 23.4 Å². The molecule has 0 saturated heterocycles. The summed E-state index contributed by atoms with van der Waals surface area (Å²) >= 11 is 0. The van der Waals surface area contributed by atoms with E-state index in [0.717, 1.165) is 17.6 Å². The van der Waals surface area contributed by atoms with E-state index in [0.29, 0.717) is 13.2 Å². The summed E-state index contributed by atoms with van der Waals surface area (Å²) in [5.74, 6) is 0.940. The van der Waals surface area contributed by atoms with Crippen LogP contribution in [0.25, 0.3) is 10.8 Å². The molecule has 0 aliphatic heterocycles. The molecule has 0 aliphatic rings. The number of nitrogens with two attached hydrogens (primary N) is 1. The highest BCUT2D eigenvalue weighted by Crippen LogP contribution is 2.29. The van der Waals surface area contributed by atoms with E-state index < -0.39 is 0 Å². The maximum atomic E-state index is 6.08. The first-order valence-corrected chi connectivity index (χ1v) is 8.09. The molecule has 0 bridgehead atoms. The molecule has 1 atom stereocenters. The molecule has 0 aromatic heterocycles. The summed E-state index contributed by atoms with van der Waals surface area (Å²) in [5.41, 5.74) is 7.26. The van der Waals surface area contributed by atoms with Crippen molar-refractivity contribution in [1.29, 1.82) is 0 Å². The lowest BCUT2D eigenvalue weighted by atomic mass is 9.80. The van der Waals surface area contributed by atoms with Crippen molar-refractivity contribution in [2.24, 2.45) is 5.73 Å². The summed E-state index contributed by atoms with van der Waals surface area (Å²) in [4.78, 5) is 0. The van der Waals surface area contributed by atoms with Crippen molar-refractivity contribution >= 4 is 10.8 Å². The molecular formula is C21H23NO. The molecule has 0 saturated carbocycles. The Morgan fingerprint density at radius 3 is 2.35 bits per heavy atom. The van der Waals surface area contributed by atoms with E-state index >= 15 is 0 Å². The fraction of sp³-hybridized carbons (Fsp3) is 0.238. The first-order valence-electron chi connectivity index (χ1n) is 8.09. The number of ether oxygens (including phenoxy) is 1. The first-order chi connectivity index (χ1) is 11.2. The van der Waals surface area contributed by atoms with E-state index in [1.165, 1.54) is 10.9 Å². The zero-order chi connectivity index (χ0) is 16.1. The molecule has 0 amide bonds. The van der Waals surface area contributed by atoms with Gasteiger partial charge in [-0.2, -0.15) is 0 Å². The lowest BCUT2D eigenvalue weighted by molar-refractivity contribution is 0.269. The van der Waals surface area contributed by atoms with Gasteiger partial charge in [0.2, 0.25) is 0 Å². The van der Waals surface area contributed by atoms with Crippen molar-refractivity contribution in [3.05, 3.63) is 78.4 Å². The molecule has 0 fully saturated rings. The number of hydrogen-bond acceptors (Lipinski definition) is 2. The SMILES string of the molecule is CC(CN)(CCOc1cccc2ccccc12)c1ccccc1. The van der Waals surface area contributed by atoms with Gasteiger partial charge >= 0.3 is 0 Å². The van der Waals surface area contributed by atoms with E-state index in [-0.39, 0.29) is 5.41 Å². The van der Waals surface area contributed by atoms with Gasteiger partial charge < -0.3 is 10.5 Å². The van der Waals surface area contributed by atoms with Crippen LogP contribution in [0.3, 0.4) is 0 Å². The van der Waals surface area contributed by atoms with E-state index in [9.17, 15) is 0 Å². The van der Waals surface area contributed by atoms with Gasteiger partial charge in [0, 0.05) is 17.3 Å². The lowest BCUT2D eigenvalue weighted by Gasteiger charge is -2.28. The molecule has 2 N–H and O–H groups in total. The minimum absolute atomic E-state index is 0.0636. The summed E-state index contributed by atoms with van der Waals surface area (Å²) in [6.45, 7) is 3.46. The van der Waals surface area contributed by atoms with Crippen LogP contribution < -0.4 is 10.5 Å². The number of benzene rings is 3. The molecule has 3 aromatic carbocycles. The van der Waals surface area contributed by atoms with Gasteiger partial charge in [-0.25, -0.2) is 0 Å². The van der Waals surface area contributed by atoms with E-state index in [4.69, 9.17) is 10.5 Å². The first kappa shape index (κ1) is 15.6. The molecule has 0 aliphatic carbocycles. The third-order valence-corrected chi connectivity index (χ3v) is 4.58. The average molecular weight is 305 g/mol. The van der Waals surface area contributed by atoms with Crippen LogP contribution in [0.15, 0.2) is 72.8 Å². The van der Waals surface area contributed by atoms with E-state index in [1.807, 2.05) is 30.3 Å². The maximum Gasteiger partial charge on any atom is 0.127 e. The second kappa shape index (κ2) is 6.84. The summed E-state index contributed by atoms with van der Waals surface area (Å²) in [6.07, 6.45) is 0.886. The van der Waals surface area contributed by atoms with Crippen LogP contribution in [0.2, 0.25) is 0 Å². The van der Waals surface area contributed by atoms with Crippen molar-refractivity contribution in [3.8, 4) is 5.75 Å². The molecule has 0 spiro atoms. The monoisotopic (exact) mass is 305 g/mol. The van der Waals surface area contributed by atoms with Crippen LogP contribution in [-0.4, -0.2) is 13.2 Å². The third kappa shape index (κ3) is 3.38. The van der Waals surface area contributed by atoms with Gasteiger partial charge in [0.15, 0.2) is 0 Å². The van der Waals surface area contributed by atoms with Crippen molar-refractivity contribution in [2.45, 2.75) is 18.8 Å². The number of hydrogen-bond donors (Lipinski definition) is 1. The molecular weight excluding hydrogens is 282 g/mol. The zero-order valence-electron chi connectivity index (χ0n) is 13.5. The maximum absolute atomic E-state index is 6.08. The van der Waals surface area contributed by atoms with Gasteiger partial charge in [0.05, 0.1) is 6.61 Å². The minimum atomic E-state index is -0.0636. The smallest absolute Gasteiger partial charge is 0.127 e. The predicted octanol–water partition coefficient (Wildman–Crippen LogP) is 4.53. The van der Waals surface area contributed by atoms with Crippen molar-refractivity contribution < 1.29 is 4.74 Å². The molecule has 2 heteroatoms. The van der Waals surface area contributed by atoms with Gasteiger partial charge in [-0.3, -0.25) is 0 Å². The van der Waals surface area contributed by atoms with Crippen molar-refractivity contribution in [3.63, 3.8) is 0 Å². The minimum Gasteiger partial charge on any atom is -0.493 e. The summed E-state index contributed by atoms with van der Waals surface area (Å²) < 4.78 is 6.08. The van der Waals surface area contributed by atoms with Gasteiger partial charge in [-0.1, -0.05) is 73.7 Å². The van der Waals surface area contributed by atoms with E-state index in [1.54, 1.807) is 0 Å². The standard InChI is InChI=1S/C21H23NO/c1-21(16-22,18-10-3-2-4-11-18)14-15-23-20-13-7-9-17-8-5-6-12-19(17)20/h2-13H,14-16,22H2,1H3. The quantitative estimate of drug-likeness (QED) is 0.726. The molecule has 2 nitrogen and oxygen atoms in total.